The van der Waals surface area contributed by atoms with E-state index in [0.29, 0.717) is 6.54 Å². The molecule has 0 saturated heterocycles. The number of hydrogen-bond donors (Lipinski definition) is 1. The number of benzene rings is 2. The molecule has 0 aliphatic rings. The van der Waals surface area contributed by atoms with Crippen LogP contribution >= 0.6 is 0 Å². The molecule has 0 aliphatic heterocycles. The average molecular weight is 269 g/mol. The van der Waals surface area contributed by atoms with Gasteiger partial charge in [0.05, 0.1) is 0 Å². The smallest absolute Gasteiger partial charge is 0.131 e. The van der Waals surface area contributed by atoms with Gasteiger partial charge in [0, 0.05) is 12.1 Å². The molecule has 2 heteroatoms. The molecule has 0 aliphatic carbocycles. The van der Waals surface area contributed by atoms with Crippen molar-refractivity contribution in [2.24, 2.45) is 5.73 Å². The van der Waals surface area contributed by atoms with E-state index >= 15 is 0 Å². The highest BCUT2D eigenvalue weighted by atomic mass is 16.5. The lowest BCUT2D eigenvalue weighted by atomic mass is 9.86. The summed E-state index contributed by atoms with van der Waals surface area (Å²) in [6, 6.07) is 14.3. The first-order valence-electron chi connectivity index (χ1n) is 6.98. The fourth-order valence-corrected chi connectivity index (χ4v) is 2.20. The molecule has 0 fully saturated rings. The fraction of sp³-hybridized carbons (Fsp3) is 0.333. The molecule has 0 bridgehead atoms. The molecule has 2 aromatic carbocycles. The van der Waals surface area contributed by atoms with Gasteiger partial charge in [-0.1, -0.05) is 45.0 Å². The lowest BCUT2D eigenvalue weighted by molar-refractivity contribution is 0.454. The van der Waals surface area contributed by atoms with Crippen LogP contribution in [0.5, 0.6) is 11.5 Å². The molecule has 0 spiro atoms. The van der Waals surface area contributed by atoms with Crippen molar-refractivity contribution in [1.29, 1.82) is 0 Å². The lowest BCUT2D eigenvalue weighted by Crippen LogP contribution is -2.12. The molecule has 0 heterocycles. The summed E-state index contributed by atoms with van der Waals surface area (Å²) in [6.45, 7) is 9.19. The van der Waals surface area contributed by atoms with E-state index in [1.807, 2.05) is 24.3 Å². The van der Waals surface area contributed by atoms with Crippen LogP contribution in [0.3, 0.4) is 0 Å². The molecular weight excluding hydrogens is 246 g/mol. The second kappa shape index (κ2) is 5.68. The summed E-state index contributed by atoms with van der Waals surface area (Å²) in [5.41, 5.74) is 9.21. The van der Waals surface area contributed by atoms with Crippen molar-refractivity contribution in [2.75, 3.05) is 0 Å². The first-order valence-corrected chi connectivity index (χ1v) is 6.98. The van der Waals surface area contributed by atoms with Crippen molar-refractivity contribution in [1.82, 2.24) is 0 Å². The molecule has 2 N–H and O–H groups in total. The maximum Gasteiger partial charge on any atom is 0.131 e. The Hall–Kier alpha value is -1.80. The van der Waals surface area contributed by atoms with Crippen LogP contribution in [0.4, 0.5) is 0 Å². The van der Waals surface area contributed by atoms with Crippen LogP contribution < -0.4 is 10.5 Å². The van der Waals surface area contributed by atoms with Crippen LogP contribution in [-0.4, -0.2) is 0 Å². The van der Waals surface area contributed by atoms with Crippen molar-refractivity contribution in [2.45, 2.75) is 39.7 Å². The van der Waals surface area contributed by atoms with Crippen LogP contribution in [0.15, 0.2) is 42.5 Å². The van der Waals surface area contributed by atoms with Gasteiger partial charge in [0.15, 0.2) is 0 Å². The molecule has 0 unspecified atom stereocenters. The van der Waals surface area contributed by atoms with E-state index in [0.717, 1.165) is 17.1 Å². The molecule has 2 aromatic rings. The van der Waals surface area contributed by atoms with Crippen molar-refractivity contribution in [3.8, 4) is 11.5 Å². The number of rotatable bonds is 3. The Morgan fingerprint density at radius 3 is 2.45 bits per heavy atom. The summed E-state index contributed by atoms with van der Waals surface area (Å²) in [5.74, 6) is 1.76. The van der Waals surface area contributed by atoms with Crippen LogP contribution in [0, 0.1) is 6.92 Å². The highest BCUT2D eigenvalue weighted by Crippen LogP contribution is 2.35. The molecule has 106 valence electrons. The van der Waals surface area contributed by atoms with Gasteiger partial charge in [-0.25, -0.2) is 0 Å². The first-order chi connectivity index (χ1) is 9.40. The van der Waals surface area contributed by atoms with E-state index in [9.17, 15) is 0 Å². The fourth-order valence-electron chi connectivity index (χ4n) is 2.20. The van der Waals surface area contributed by atoms with E-state index in [-0.39, 0.29) is 5.41 Å². The van der Waals surface area contributed by atoms with Crippen molar-refractivity contribution < 1.29 is 4.74 Å². The molecule has 0 amide bonds. The first kappa shape index (κ1) is 14.6. The van der Waals surface area contributed by atoms with E-state index in [4.69, 9.17) is 10.5 Å². The number of hydrogen-bond acceptors (Lipinski definition) is 2. The minimum absolute atomic E-state index is 0.0501. The summed E-state index contributed by atoms with van der Waals surface area (Å²) < 4.78 is 6.10. The normalized spacial score (nSPS) is 11.4. The predicted octanol–water partition coefficient (Wildman–Crippen LogP) is 4.54. The maximum absolute atomic E-state index is 6.10. The van der Waals surface area contributed by atoms with Gasteiger partial charge in [0.2, 0.25) is 0 Å². The zero-order chi connectivity index (χ0) is 14.8. The van der Waals surface area contributed by atoms with Gasteiger partial charge in [-0.15, -0.1) is 0 Å². The summed E-state index contributed by atoms with van der Waals surface area (Å²) in [4.78, 5) is 0. The molecule has 2 nitrogen and oxygen atoms in total. The van der Waals surface area contributed by atoms with Crippen LogP contribution in [0.2, 0.25) is 0 Å². The monoisotopic (exact) mass is 269 g/mol. The minimum atomic E-state index is 0.0501. The van der Waals surface area contributed by atoms with Gasteiger partial charge < -0.3 is 10.5 Å². The molecule has 0 radical (unpaired) electrons. The molecular formula is C18H23NO. The summed E-state index contributed by atoms with van der Waals surface area (Å²) in [6.07, 6.45) is 0. The van der Waals surface area contributed by atoms with Gasteiger partial charge in [-0.3, -0.25) is 0 Å². The van der Waals surface area contributed by atoms with E-state index in [1.54, 1.807) is 0 Å². The molecule has 0 aromatic heterocycles. The van der Waals surface area contributed by atoms with Gasteiger partial charge in [-0.05, 0) is 41.7 Å². The van der Waals surface area contributed by atoms with Crippen molar-refractivity contribution in [3.05, 3.63) is 59.2 Å². The minimum Gasteiger partial charge on any atom is -0.457 e. The van der Waals surface area contributed by atoms with E-state index < -0.39 is 0 Å². The summed E-state index contributed by atoms with van der Waals surface area (Å²) in [7, 11) is 0. The quantitative estimate of drug-likeness (QED) is 0.887. The summed E-state index contributed by atoms with van der Waals surface area (Å²) in [5, 5.41) is 0. The molecule has 0 saturated carbocycles. The second-order valence-electron chi connectivity index (χ2n) is 6.20. The van der Waals surface area contributed by atoms with Crippen LogP contribution in [-0.2, 0) is 12.0 Å². The van der Waals surface area contributed by atoms with E-state index in [2.05, 4.69) is 45.9 Å². The largest absolute Gasteiger partial charge is 0.457 e. The number of aryl methyl sites for hydroxylation is 1. The molecule has 0 atom stereocenters. The Labute approximate surface area is 121 Å². The Morgan fingerprint density at radius 1 is 1.05 bits per heavy atom. The molecule has 2 rings (SSSR count). The topological polar surface area (TPSA) is 35.2 Å². The Bertz CT molecular complexity index is 597. The highest BCUT2D eigenvalue weighted by molar-refractivity contribution is 5.44. The molecule has 20 heavy (non-hydrogen) atoms. The van der Waals surface area contributed by atoms with Crippen LogP contribution in [0.25, 0.3) is 0 Å². The maximum atomic E-state index is 6.10. The third kappa shape index (κ3) is 3.40. The SMILES string of the molecule is Cc1ccc(C(C)(C)C)c(Oc2cccc(CN)c2)c1. The number of nitrogens with two attached hydrogens (primary N) is 1. The zero-order valence-corrected chi connectivity index (χ0v) is 12.7. The predicted molar refractivity (Wildman–Crippen MR) is 84.3 cm³/mol. The van der Waals surface area contributed by atoms with Crippen molar-refractivity contribution >= 4 is 0 Å². The van der Waals surface area contributed by atoms with Gasteiger partial charge in [0.1, 0.15) is 11.5 Å². The van der Waals surface area contributed by atoms with Crippen molar-refractivity contribution in [3.63, 3.8) is 0 Å². The highest BCUT2D eigenvalue weighted by Gasteiger charge is 2.19. The Morgan fingerprint density at radius 2 is 1.80 bits per heavy atom. The Kier molecular flexibility index (Phi) is 4.15. The van der Waals surface area contributed by atoms with Gasteiger partial charge >= 0.3 is 0 Å². The Balaban J connectivity index is 2.39. The number of ether oxygens (including phenoxy) is 1. The third-order valence-electron chi connectivity index (χ3n) is 3.31. The van der Waals surface area contributed by atoms with Gasteiger partial charge in [0.25, 0.3) is 0 Å². The van der Waals surface area contributed by atoms with E-state index in [1.165, 1.54) is 11.1 Å². The standard InChI is InChI=1S/C18H23NO/c1-13-8-9-16(18(2,3)4)17(10-13)20-15-7-5-6-14(11-15)12-19/h5-11H,12,19H2,1-4H3. The van der Waals surface area contributed by atoms with Crippen LogP contribution in [0.1, 0.15) is 37.5 Å². The third-order valence-corrected chi connectivity index (χ3v) is 3.31. The lowest BCUT2D eigenvalue weighted by Gasteiger charge is -2.23. The second-order valence-corrected chi connectivity index (χ2v) is 6.20. The summed E-state index contributed by atoms with van der Waals surface area (Å²) >= 11 is 0. The average Bonchev–Trinajstić information content (AvgIpc) is 2.37. The van der Waals surface area contributed by atoms with Gasteiger partial charge in [-0.2, -0.15) is 0 Å². The zero-order valence-electron chi connectivity index (χ0n) is 12.7.